The predicted molar refractivity (Wildman–Crippen MR) is 84.9 cm³/mol. The fourth-order valence-electron chi connectivity index (χ4n) is 2.07. The minimum Gasteiger partial charge on any atom is -0.385 e. The molecule has 20 heavy (non-hydrogen) atoms. The Morgan fingerprint density at radius 1 is 1.40 bits per heavy atom. The molecule has 4 nitrogen and oxygen atoms in total. The summed E-state index contributed by atoms with van der Waals surface area (Å²) in [6.07, 6.45) is 3.05. The molecular formula is C15H20BrN3O. The number of hydrogen-bond donors (Lipinski definition) is 1. The van der Waals surface area contributed by atoms with Gasteiger partial charge in [-0.25, -0.2) is 4.98 Å². The van der Waals surface area contributed by atoms with Gasteiger partial charge in [0, 0.05) is 37.5 Å². The van der Waals surface area contributed by atoms with Gasteiger partial charge in [0.2, 0.25) is 5.95 Å². The van der Waals surface area contributed by atoms with Crippen molar-refractivity contribution < 1.29 is 4.74 Å². The summed E-state index contributed by atoms with van der Waals surface area (Å²) in [7, 11) is 1.73. The van der Waals surface area contributed by atoms with E-state index in [1.807, 2.05) is 19.1 Å². The molecule has 0 atom stereocenters. The Morgan fingerprint density at radius 2 is 2.25 bits per heavy atom. The molecule has 1 aromatic heterocycles. The smallest absolute Gasteiger partial charge is 0.203 e. The van der Waals surface area contributed by atoms with Gasteiger partial charge in [0.05, 0.1) is 5.69 Å². The minimum absolute atomic E-state index is 0.764. The van der Waals surface area contributed by atoms with E-state index in [1.54, 1.807) is 7.11 Å². The average molecular weight is 338 g/mol. The molecule has 0 amide bonds. The van der Waals surface area contributed by atoms with Gasteiger partial charge in [-0.15, -0.1) is 0 Å². The number of aryl methyl sites for hydroxylation is 2. The fraction of sp³-hybridized carbons (Fsp3) is 0.400. The standard InChI is InChI=1S/C15H20BrN3O/c1-12-11-19(7-4-8-20-2)15(18-12)17-10-13-5-3-6-14(16)9-13/h3,5-6,9,11H,4,7-8,10H2,1-2H3,(H,17,18). The second-order valence-corrected chi connectivity index (χ2v) is 5.64. The molecule has 0 aliphatic rings. The van der Waals surface area contributed by atoms with Crippen LogP contribution in [0.2, 0.25) is 0 Å². The first kappa shape index (κ1) is 15.1. The van der Waals surface area contributed by atoms with Crippen molar-refractivity contribution in [1.29, 1.82) is 0 Å². The Hall–Kier alpha value is -1.33. The van der Waals surface area contributed by atoms with Gasteiger partial charge < -0.3 is 14.6 Å². The summed E-state index contributed by atoms with van der Waals surface area (Å²) in [6.45, 7) is 4.45. The van der Waals surface area contributed by atoms with Crippen LogP contribution in [0.3, 0.4) is 0 Å². The molecule has 0 spiro atoms. The molecule has 2 rings (SSSR count). The summed E-state index contributed by atoms with van der Waals surface area (Å²) in [5, 5.41) is 3.39. The lowest BCUT2D eigenvalue weighted by Crippen LogP contribution is -2.08. The highest BCUT2D eigenvalue weighted by Crippen LogP contribution is 2.14. The monoisotopic (exact) mass is 337 g/mol. The van der Waals surface area contributed by atoms with Crippen LogP contribution in [0.25, 0.3) is 0 Å². The summed E-state index contributed by atoms with van der Waals surface area (Å²) in [6, 6.07) is 8.28. The molecule has 0 unspecified atom stereocenters. The quantitative estimate of drug-likeness (QED) is 0.784. The van der Waals surface area contributed by atoms with Gasteiger partial charge in [-0.05, 0) is 31.0 Å². The van der Waals surface area contributed by atoms with Gasteiger partial charge in [-0.1, -0.05) is 28.1 Å². The topological polar surface area (TPSA) is 39.1 Å². The molecule has 0 aliphatic heterocycles. The molecule has 0 saturated heterocycles. The highest BCUT2D eigenvalue weighted by molar-refractivity contribution is 9.10. The molecule has 0 aliphatic carbocycles. The van der Waals surface area contributed by atoms with Crippen LogP contribution < -0.4 is 5.32 Å². The predicted octanol–water partition coefficient (Wildman–Crippen LogP) is 3.60. The third kappa shape index (κ3) is 4.35. The maximum absolute atomic E-state index is 5.09. The van der Waals surface area contributed by atoms with Crippen molar-refractivity contribution in [3.05, 3.63) is 46.2 Å². The number of hydrogen-bond acceptors (Lipinski definition) is 3. The molecule has 0 radical (unpaired) electrons. The number of rotatable bonds is 7. The fourth-order valence-corrected chi connectivity index (χ4v) is 2.51. The van der Waals surface area contributed by atoms with Gasteiger partial charge in [0.25, 0.3) is 0 Å². The summed E-state index contributed by atoms with van der Waals surface area (Å²) in [4.78, 5) is 4.53. The number of nitrogens with one attached hydrogen (secondary N) is 1. The largest absolute Gasteiger partial charge is 0.385 e. The number of halogens is 1. The van der Waals surface area contributed by atoms with E-state index in [0.29, 0.717) is 0 Å². The lowest BCUT2D eigenvalue weighted by molar-refractivity contribution is 0.190. The van der Waals surface area contributed by atoms with E-state index >= 15 is 0 Å². The minimum atomic E-state index is 0.764. The molecule has 0 fully saturated rings. The maximum atomic E-state index is 5.09. The first-order valence-corrected chi connectivity index (χ1v) is 7.49. The number of nitrogens with zero attached hydrogens (tertiary/aromatic N) is 2. The number of ether oxygens (including phenoxy) is 1. The van der Waals surface area contributed by atoms with E-state index in [9.17, 15) is 0 Å². The zero-order chi connectivity index (χ0) is 14.4. The van der Waals surface area contributed by atoms with E-state index < -0.39 is 0 Å². The molecule has 108 valence electrons. The number of benzene rings is 1. The summed E-state index contributed by atoms with van der Waals surface area (Å²) in [5.74, 6) is 0.915. The van der Waals surface area contributed by atoms with Gasteiger partial charge in [-0.3, -0.25) is 0 Å². The zero-order valence-electron chi connectivity index (χ0n) is 11.9. The molecule has 0 saturated carbocycles. The van der Waals surface area contributed by atoms with Gasteiger partial charge in [0.15, 0.2) is 0 Å². The summed E-state index contributed by atoms with van der Waals surface area (Å²) < 4.78 is 8.33. The Bertz CT molecular complexity index is 554. The van der Waals surface area contributed by atoms with E-state index in [1.165, 1.54) is 5.56 Å². The van der Waals surface area contributed by atoms with E-state index in [2.05, 4.69) is 49.1 Å². The van der Waals surface area contributed by atoms with Crippen molar-refractivity contribution in [2.75, 3.05) is 19.0 Å². The lowest BCUT2D eigenvalue weighted by atomic mass is 10.2. The molecule has 1 heterocycles. The van der Waals surface area contributed by atoms with Crippen LogP contribution in [0, 0.1) is 6.92 Å². The van der Waals surface area contributed by atoms with E-state index in [0.717, 1.165) is 42.2 Å². The molecule has 5 heteroatoms. The van der Waals surface area contributed by atoms with E-state index in [4.69, 9.17) is 4.74 Å². The zero-order valence-corrected chi connectivity index (χ0v) is 13.5. The normalized spacial score (nSPS) is 10.8. The maximum Gasteiger partial charge on any atom is 0.203 e. The number of methoxy groups -OCH3 is 1. The van der Waals surface area contributed by atoms with Crippen LogP contribution in [0.5, 0.6) is 0 Å². The highest BCUT2D eigenvalue weighted by Gasteiger charge is 2.05. The first-order chi connectivity index (χ1) is 9.69. The second kappa shape index (κ2) is 7.45. The third-order valence-corrected chi connectivity index (χ3v) is 3.48. The van der Waals surface area contributed by atoms with Crippen LogP contribution >= 0.6 is 15.9 Å². The Morgan fingerprint density at radius 3 is 3.00 bits per heavy atom. The molecule has 2 aromatic rings. The number of anilines is 1. The molecule has 1 aromatic carbocycles. The van der Waals surface area contributed by atoms with Crippen LogP contribution in [-0.4, -0.2) is 23.3 Å². The van der Waals surface area contributed by atoms with Crippen LogP contribution in [0.15, 0.2) is 34.9 Å². The Balaban J connectivity index is 1.98. The Labute approximate surface area is 128 Å². The summed E-state index contributed by atoms with van der Waals surface area (Å²) >= 11 is 3.49. The SMILES string of the molecule is COCCCn1cc(C)nc1NCc1cccc(Br)c1. The average Bonchev–Trinajstić information content (AvgIpc) is 2.77. The van der Waals surface area contributed by atoms with Gasteiger partial charge >= 0.3 is 0 Å². The third-order valence-electron chi connectivity index (χ3n) is 2.98. The molecular weight excluding hydrogens is 318 g/mol. The number of imidazole rings is 1. The molecule has 0 bridgehead atoms. The molecule has 1 N–H and O–H groups in total. The van der Waals surface area contributed by atoms with Crippen molar-refractivity contribution in [2.24, 2.45) is 0 Å². The number of aromatic nitrogens is 2. The first-order valence-electron chi connectivity index (χ1n) is 6.70. The van der Waals surface area contributed by atoms with Gasteiger partial charge in [-0.2, -0.15) is 0 Å². The van der Waals surface area contributed by atoms with Crippen molar-refractivity contribution in [3.8, 4) is 0 Å². The summed E-state index contributed by atoms with van der Waals surface area (Å²) in [5.41, 5.74) is 2.25. The van der Waals surface area contributed by atoms with E-state index in [-0.39, 0.29) is 0 Å². The van der Waals surface area contributed by atoms with Crippen molar-refractivity contribution in [1.82, 2.24) is 9.55 Å². The van der Waals surface area contributed by atoms with Crippen LogP contribution in [-0.2, 0) is 17.8 Å². The van der Waals surface area contributed by atoms with Gasteiger partial charge in [0.1, 0.15) is 0 Å². The van der Waals surface area contributed by atoms with Crippen molar-refractivity contribution in [2.45, 2.75) is 26.4 Å². The lowest BCUT2D eigenvalue weighted by Gasteiger charge is -2.09. The van der Waals surface area contributed by atoms with Crippen molar-refractivity contribution >= 4 is 21.9 Å². The highest BCUT2D eigenvalue weighted by atomic mass is 79.9. The Kier molecular flexibility index (Phi) is 5.61. The second-order valence-electron chi connectivity index (χ2n) is 4.73. The van der Waals surface area contributed by atoms with Crippen LogP contribution in [0.1, 0.15) is 17.7 Å². The van der Waals surface area contributed by atoms with Crippen LogP contribution in [0.4, 0.5) is 5.95 Å². The van der Waals surface area contributed by atoms with Crippen molar-refractivity contribution in [3.63, 3.8) is 0 Å².